The summed E-state index contributed by atoms with van der Waals surface area (Å²) in [7, 11) is 5.44. The van der Waals surface area contributed by atoms with Crippen LogP contribution in [0.5, 0.6) is 5.75 Å². The number of benzene rings is 1. The molecular formula is C15H25NO2. The van der Waals surface area contributed by atoms with Gasteiger partial charge in [0.25, 0.3) is 0 Å². The van der Waals surface area contributed by atoms with Gasteiger partial charge in [-0.25, -0.2) is 0 Å². The molecular weight excluding hydrogens is 226 g/mol. The summed E-state index contributed by atoms with van der Waals surface area (Å²) in [6.45, 7) is 6.01. The van der Waals surface area contributed by atoms with Gasteiger partial charge < -0.3 is 14.8 Å². The zero-order valence-corrected chi connectivity index (χ0v) is 12.1. The van der Waals surface area contributed by atoms with Gasteiger partial charge >= 0.3 is 0 Å². The Morgan fingerprint density at radius 3 is 2.44 bits per heavy atom. The predicted molar refractivity (Wildman–Crippen MR) is 75.6 cm³/mol. The molecule has 0 aliphatic heterocycles. The van der Waals surface area contributed by atoms with Gasteiger partial charge in [-0.3, -0.25) is 0 Å². The Hall–Kier alpha value is -1.06. The maximum absolute atomic E-state index is 5.41. The Morgan fingerprint density at radius 2 is 1.94 bits per heavy atom. The molecule has 0 radical (unpaired) electrons. The van der Waals surface area contributed by atoms with Gasteiger partial charge in [-0.2, -0.15) is 0 Å². The van der Waals surface area contributed by atoms with Crippen molar-refractivity contribution in [2.75, 3.05) is 34.4 Å². The molecule has 0 aliphatic carbocycles. The van der Waals surface area contributed by atoms with Crippen LogP contribution in [0.1, 0.15) is 36.8 Å². The average Bonchev–Trinajstić information content (AvgIpc) is 2.37. The second kappa shape index (κ2) is 7.39. The molecule has 0 spiro atoms. The summed E-state index contributed by atoms with van der Waals surface area (Å²) in [4.78, 5) is 0. The second-order valence-corrected chi connectivity index (χ2v) is 4.87. The van der Waals surface area contributed by atoms with Crippen LogP contribution in [0.2, 0.25) is 0 Å². The third-order valence-corrected chi connectivity index (χ3v) is 3.17. The minimum Gasteiger partial charge on any atom is -0.496 e. The van der Waals surface area contributed by atoms with Gasteiger partial charge in [0.1, 0.15) is 5.75 Å². The summed E-state index contributed by atoms with van der Waals surface area (Å²) in [6.07, 6.45) is 0. The maximum Gasteiger partial charge on any atom is 0.122 e. The molecule has 0 amide bonds. The number of methoxy groups -OCH3 is 2. The van der Waals surface area contributed by atoms with E-state index in [-0.39, 0.29) is 0 Å². The smallest absolute Gasteiger partial charge is 0.122 e. The molecule has 1 N–H and O–H groups in total. The molecule has 1 rings (SSSR count). The molecule has 0 heterocycles. The number of ether oxygens (including phenoxy) is 2. The molecule has 3 nitrogen and oxygen atoms in total. The summed E-state index contributed by atoms with van der Waals surface area (Å²) in [5.74, 6) is 1.80. The molecule has 3 heteroatoms. The van der Waals surface area contributed by atoms with E-state index in [9.17, 15) is 0 Å². The molecule has 1 aromatic carbocycles. The summed E-state index contributed by atoms with van der Waals surface area (Å²) in [6, 6.07) is 6.43. The molecule has 18 heavy (non-hydrogen) atoms. The van der Waals surface area contributed by atoms with E-state index >= 15 is 0 Å². The highest BCUT2D eigenvalue weighted by Gasteiger charge is 2.14. The standard InChI is InChI=1S/C15H25NO2/c1-11(2)14-8-12(6-7-15(14)18-5)13(9-16-3)10-17-4/h6-8,11,13,16H,9-10H2,1-5H3. The van der Waals surface area contributed by atoms with E-state index in [1.807, 2.05) is 7.05 Å². The quantitative estimate of drug-likeness (QED) is 0.808. The minimum atomic E-state index is 0.378. The molecule has 0 aliphatic rings. The Morgan fingerprint density at radius 1 is 1.22 bits per heavy atom. The van der Waals surface area contributed by atoms with Crippen LogP contribution in [-0.2, 0) is 4.74 Å². The van der Waals surface area contributed by atoms with Crippen LogP contribution in [-0.4, -0.2) is 34.4 Å². The van der Waals surface area contributed by atoms with Crippen molar-refractivity contribution in [3.63, 3.8) is 0 Å². The van der Waals surface area contributed by atoms with Crippen LogP contribution >= 0.6 is 0 Å². The third-order valence-electron chi connectivity index (χ3n) is 3.17. The Labute approximate surface area is 110 Å². The molecule has 1 unspecified atom stereocenters. The summed E-state index contributed by atoms with van der Waals surface area (Å²) >= 11 is 0. The van der Waals surface area contributed by atoms with Gasteiger partial charge in [-0.15, -0.1) is 0 Å². The highest BCUT2D eigenvalue weighted by molar-refractivity contribution is 5.40. The van der Waals surface area contributed by atoms with E-state index < -0.39 is 0 Å². The van der Waals surface area contributed by atoms with Crippen molar-refractivity contribution in [1.82, 2.24) is 5.32 Å². The Kier molecular flexibility index (Phi) is 6.16. The van der Waals surface area contributed by atoms with Crippen LogP contribution in [0.3, 0.4) is 0 Å². The third kappa shape index (κ3) is 3.72. The lowest BCUT2D eigenvalue weighted by Crippen LogP contribution is -2.21. The second-order valence-electron chi connectivity index (χ2n) is 4.87. The van der Waals surface area contributed by atoms with Crippen molar-refractivity contribution >= 4 is 0 Å². The lowest BCUT2D eigenvalue weighted by molar-refractivity contribution is 0.178. The summed E-state index contributed by atoms with van der Waals surface area (Å²) < 4.78 is 10.7. The summed E-state index contributed by atoms with van der Waals surface area (Å²) in [5.41, 5.74) is 2.56. The average molecular weight is 251 g/mol. The first kappa shape index (κ1) is 15.0. The van der Waals surface area contributed by atoms with E-state index in [2.05, 4.69) is 37.4 Å². The highest BCUT2D eigenvalue weighted by atomic mass is 16.5. The molecule has 1 aromatic rings. The van der Waals surface area contributed by atoms with Crippen LogP contribution in [0.15, 0.2) is 18.2 Å². The van der Waals surface area contributed by atoms with E-state index in [1.165, 1.54) is 11.1 Å². The normalized spacial score (nSPS) is 12.8. The van der Waals surface area contributed by atoms with E-state index in [1.54, 1.807) is 14.2 Å². The number of rotatable bonds is 7. The van der Waals surface area contributed by atoms with Crippen molar-refractivity contribution in [2.24, 2.45) is 0 Å². The van der Waals surface area contributed by atoms with Crippen LogP contribution in [0, 0.1) is 0 Å². The van der Waals surface area contributed by atoms with Gasteiger partial charge in [0, 0.05) is 19.6 Å². The zero-order chi connectivity index (χ0) is 13.5. The number of hydrogen-bond acceptors (Lipinski definition) is 3. The van der Waals surface area contributed by atoms with Crippen LogP contribution in [0.4, 0.5) is 0 Å². The maximum atomic E-state index is 5.41. The fraction of sp³-hybridized carbons (Fsp3) is 0.600. The lowest BCUT2D eigenvalue weighted by atomic mass is 9.93. The molecule has 0 fully saturated rings. The first-order valence-electron chi connectivity index (χ1n) is 6.45. The molecule has 102 valence electrons. The molecule has 0 aromatic heterocycles. The molecule has 1 atom stereocenters. The van der Waals surface area contributed by atoms with E-state index in [4.69, 9.17) is 9.47 Å². The number of nitrogens with one attached hydrogen (secondary N) is 1. The first-order valence-corrected chi connectivity index (χ1v) is 6.45. The number of likely N-dealkylation sites (N-methyl/N-ethyl adjacent to an activating group) is 1. The fourth-order valence-corrected chi connectivity index (χ4v) is 2.18. The fourth-order valence-electron chi connectivity index (χ4n) is 2.18. The van der Waals surface area contributed by atoms with Gasteiger partial charge in [0.2, 0.25) is 0 Å². The Balaban J connectivity index is 3.04. The molecule has 0 saturated heterocycles. The van der Waals surface area contributed by atoms with Crippen LogP contribution < -0.4 is 10.1 Å². The molecule has 0 saturated carbocycles. The topological polar surface area (TPSA) is 30.5 Å². The van der Waals surface area contributed by atoms with Gasteiger partial charge in [0.15, 0.2) is 0 Å². The monoisotopic (exact) mass is 251 g/mol. The van der Waals surface area contributed by atoms with Crippen LogP contribution in [0.25, 0.3) is 0 Å². The zero-order valence-electron chi connectivity index (χ0n) is 12.1. The highest BCUT2D eigenvalue weighted by Crippen LogP contribution is 2.29. The van der Waals surface area contributed by atoms with E-state index in [0.29, 0.717) is 11.8 Å². The van der Waals surface area contributed by atoms with Gasteiger partial charge in [-0.1, -0.05) is 26.0 Å². The van der Waals surface area contributed by atoms with Crippen molar-refractivity contribution < 1.29 is 9.47 Å². The van der Waals surface area contributed by atoms with Crippen molar-refractivity contribution in [3.05, 3.63) is 29.3 Å². The summed E-state index contributed by atoms with van der Waals surface area (Å²) in [5, 5.41) is 3.22. The van der Waals surface area contributed by atoms with Gasteiger partial charge in [-0.05, 0) is 30.2 Å². The lowest BCUT2D eigenvalue weighted by Gasteiger charge is -2.19. The molecule has 0 bridgehead atoms. The largest absolute Gasteiger partial charge is 0.496 e. The predicted octanol–water partition coefficient (Wildman–Crippen LogP) is 2.77. The van der Waals surface area contributed by atoms with Crippen molar-refractivity contribution in [3.8, 4) is 5.75 Å². The van der Waals surface area contributed by atoms with Crippen molar-refractivity contribution in [1.29, 1.82) is 0 Å². The van der Waals surface area contributed by atoms with Crippen molar-refractivity contribution in [2.45, 2.75) is 25.7 Å². The van der Waals surface area contributed by atoms with Gasteiger partial charge in [0.05, 0.1) is 13.7 Å². The number of hydrogen-bond donors (Lipinski definition) is 1. The minimum absolute atomic E-state index is 0.378. The first-order chi connectivity index (χ1) is 8.63. The SMILES string of the molecule is CNCC(COC)c1ccc(OC)c(C(C)C)c1. The van der Waals surface area contributed by atoms with E-state index in [0.717, 1.165) is 18.9 Å². The Bertz CT molecular complexity index is 358.